The van der Waals surface area contributed by atoms with E-state index in [4.69, 9.17) is 0 Å². The van der Waals surface area contributed by atoms with Crippen LogP contribution >= 0.6 is 0 Å². The second-order valence-corrected chi connectivity index (χ2v) is 3.73. The summed E-state index contributed by atoms with van der Waals surface area (Å²) >= 11 is 0. The molecule has 0 spiro atoms. The van der Waals surface area contributed by atoms with Crippen LogP contribution in [0, 0.1) is 13.3 Å². The van der Waals surface area contributed by atoms with Crippen LogP contribution in [0.3, 0.4) is 0 Å². The van der Waals surface area contributed by atoms with E-state index in [-0.39, 0.29) is 21.1 Å². The average molecular weight is 395 g/mol. The SMILES string of the molecule is Cc1c(Cn2[c-]ncc2)nc2ccccn12.[W]. The Bertz CT molecular complexity index is 613. The first kappa shape index (κ1) is 12.1. The van der Waals surface area contributed by atoms with E-state index in [2.05, 4.69) is 27.6 Å². The van der Waals surface area contributed by atoms with Crippen LogP contribution in [0.1, 0.15) is 11.4 Å². The number of fused-ring (bicyclic) bond motifs is 1. The van der Waals surface area contributed by atoms with E-state index in [0.29, 0.717) is 6.54 Å². The number of hydrogen-bond acceptors (Lipinski definition) is 2. The Balaban J connectivity index is 0.00000108. The fourth-order valence-corrected chi connectivity index (χ4v) is 1.82. The fourth-order valence-electron chi connectivity index (χ4n) is 1.82. The molecule has 0 aliphatic carbocycles. The molecule has 3 heterocycles. The number of hydrogen-bond donors (Lipinski definition) is 0. The molecule has 0 bridgehead atoms. The van der Waals surface area contributed by atoms with Crippen LogP contribution in [-0.4, -0.2) is 18.9 Å². The van der Waals surface area contributed by atoms with Gasteiger partial charge in [0.15, 0.2) is 0 Å². The third-order valence-electron chi connectivity index (χ3n) is 2.69. The molecule has 3 aromatic rings. The number of aromatic nitrogens is 4. The van der Waals surface area contributed by atoms with E-state index < -0.39 is 0 Å². The molecule has 0 N–H and O–H groups in total. The fraction of sp³-hybridized carbons (Fsp3) is 0.167. The summed E-state index contributed by atoms with van der Waals surface area (Å²) in [6.07, 6.45) is 8.52. The van der Waals surface area contributed by atoms with Gasteiger partial charge in [-0.1, -0.05) is 6.07 Å². The van der Waals surface area contributed by atoms with Gasteiger partial charge in [0.05, 0.1) is 5.69 Å². The monoisotopic (exact) mass is 395 g/mol. The average Bonchev–Trinajstić information content (AvgIpc) is 2.90. The molecule has 0 aliphatic rings. The Morgan fingerprint density at radius 1 is 1.29 bits per heavy atom. The minimum Gasteiger partial charge on any atom is -0.449 e. The number of imidazole rings is 2. The molecule has 0 aromatic carbocycles. The molecular weight excluding hydrogens is 384 g/mol. The molecule has 0 saturated heterocycles. The standard InChI is InChI=1S/C12H11N4.W/c1-10-11(8-15-7-5-13-9-15)14-12-4-2-3-6-16(10)12;/h2-7H,8H2,1H3;/q-1;. The summed E-state index contributed by atoms with van der Waals surface area (Å²) in [7, 11) is 0. The first-order valence-corrected chi connectivity index (χ1v) is 5.16. The van der Waals surface area contributed by atoms with E-state index in [9.17, 15) is 0 Å². The van der Waals surface area contributed by atoms with Crippen molar-refractivity contribution in [2.24, 2.45) is 0 Å². The minimum absolute atomic E-state index is 0. The largest absolute Gasteiger partial charge is 0.449 e. The van der Waals surface area contributed by atoms with Crippen molar-refractivity contribution in [3.05, 3.63) is 54.5 Å². The van der Waals surface area contributed by atoms with Gasteiger partial charge in [0.2, 0.25) is 0 Å². The third-order valence-corrected chi connectivity index (χ3v) is 2.69. The second kappa shape index (κ2) is 4.84. The molecule has 3 rings (SSSR count). The maximum atomic E-state index is 4.58. The van der Waals surface area contributed by atoms with Gasteiger partial charge in [-0.05, 0) is 19.1 Å². The van der Waals surface area contributed by atoms with Gasteiger partial charge in [-0.2, -0.15) is 0 Å². The maximum absolute atomic E-state index is 4.58. The van der Waals surface area contributed by atoms with Gasteiger partial charge in [0, 0.05) is 45.8 Å². The minimum atomic E-state index is 0. The second-order valence-electron chi connectivity index (χ2n) is 3.73. The van der Waals surface area contributed by atoms with Crippen molar-refractivity contribution in [2.45, 2.75) is 13.5 Å². The maximum Gasteiger partial charge on any atom is 0.137 e. The molecule has 17 heavy (non-hydrogen) atoms. The normalized spacial score (nSPS) is 10.4. The van der Waals surface area contributed by atoms with Crippen LogP contribution in [0.15, 0.2) is 36.8 Å². The molecule has 3 aromatic heterocycles. The van der Waals surface area contributed by atoms with Gasteiger partial charge in [0.1, 0.15) is 5.65 Å². The number of nitrogens with zero attached hydrogens (tertiary/aromatic N) is 4. The van der Waals surface area contributed by atoms with E-state index in [1.165, 1.54) is 0 Å². The summed E-state index contributed by atoms with van der Waals surface area (Å²) in [6, 6.07) is 6.01. The van der Waals surface area contributed by atoms with Crippen LogP contribution in [0.5, 0.6) is 0 Å². The smallest absolute Gasteiger partial charge is 0.137 e. The molecule has 5 heteroatoms. The summed E-state index contributed by atoms with van der Waals surface area (Å²) in [5.41, 5.74) is 3.20. The van der Waals surface area contributed by atoms with E-state index in [1.54, 1.807) is 6.20 Å². The van der Waals surface area contributed by atoms with Gasteiger partial charge in [0.25, 0.3) is 0 Å². The van der Waals surface area contributed by atoms with Crippen molar-refractivity contribution < 1.29 is 21.1 Å². The summed E-state index contributed by atoms with van der Waals surface area (Å²) in [6.45, 7) is 2.79. The molecular formula is C12H11N4W-. The molecule has 86 valence electrons. The molecule has 4 nitrogen and oxygen atoms in total. The van der Waals surface area contributed by atoms with Crippen molar-refractivity contribution in [3.8, 4) is 0 Å². The Morgan fingerprint density at radius 2 is 2.18 bits per heavy atom. The molecule has 0 fully saturated rings. The molecule has 0 aliphatic heterocycles. The number of rotatable bonds is 2. The molecule has 0 amide bonds. The summed E-state index contributed by atoms with van der Waals surface area (Å²) in [5.74, 6) is 0. The third kappa shape index (κ3) is 2.18. The van der Waals surface area contributed by atoms with E-state index in [0.717, 1.165) is 17.0 Å². The zero-order chi connectivity index (χ0) is 11.0. The van der Waals surface area contributed by atoms with Crippen LogP contribution in [0.25, 0.3) is 5.65 Å². The molecule has 0 radical (unpaired) electrons. The zero-order valence-electron chi connectivity index (χ0n) is 9.37. The van der Waals surface area contributed by atoms with Crippen molar-refractivity contribution in [3.63, 3.8) is 0 Å². The van der Waals surface area contributed by atoms with Crippen molar-refractivity contribution in [1.82, 2.24) is 18.9 Å². The van der Waals surface area contributed by atoms with Crippen LogP contribution in [-0.2, 0) is 27.6 Å². The van der Waals surface area contributed by atoms with Gasteiger partial charge < -0.3 is 14.0 Å². The summed E-state index contributed by atoms with van der Waals surface area (Å²) in [4.78, 5) is 8.49. The quantitative estimate of drug-likeness (QED) is 0.620. The van der Waals surface area contributed by atoms with Gasteiger partial charge >= 0.3 is 0 Å². The van der Waals surface area contributed by atoms with E-state index >= 15 is 0 Å². The van der Waals surface area contributed by atoms with Crippen LogP contribution < -0.4 is 0 Å². The van der Waals surface area contributed by atoms with Gasteiger partial charge in [-0.25, -0.2) is 4.98 Å². The summed E-state index contributed by atoms with van der Waals surface area (Å²) in [5, 5.41) is 0. The predicted molar refractivity (Wildman–Crippen MR) is 60.1 cm³/mol. The van der Waals surface area contributed by atoms with Crippen molar-refractivity contribution in [1.29, 1.82) is 0 Å². The van der Waals surface area contributed by atoms with Gasteiger partial charge in [-0.15, -0.1) is 12.4 Å². The van der Waals surface area contributed by atoms with Crippen molar-refractivity contribution in [2.75, 3.05) is 0 Å². The zero-order valence-corrected chi connectivity index (χ0v) is 12.3. The Labute approximate surface area is 114 Å². The number of aryl methyl sites for hydroxylation is 1. The van der Waals surface area contributed by atoms with Crippen LogP contribution in [0.2, 0.25) is 0 Å². The van der Waals surface area contributed by atoms with Crippen molar-refractivity contribution >= 4 is 5.65 Å². The molecule has 0 atom stereocenters. The first-order valence-electron chi connectivity index (χ1n) is 5.16. The van der Waals surface area contributed by atoms with E-state index in [1.807, 2.05) is 35.2 Å². The summed E-state index contributed by atoms with van der Waals surface area (Å²) < 4.78 is 3.99. The van der Waals surface area contributed by atoms with Gasteiger partial charge in [-0.3, -0.25) is 0 Å². The molecule has 0 saturated carbocycles. The first-order chi connectivity index (χ1) is 7.84. The Hall–Kier alpha value is -1.41. The topological polar surface area (TPSA) is 35.1 Å². The number of pyridine rings is 1. The molecule has 0 unspecified atom stereocenters. The predicted octanol–water partition coefficient (Wildman–Crippen LogP) is 1.69. The Kier molecular flexibility index (Phi) is 3.43. The Morgan fingerprint density at radius 3 is 2.88 bits per heavy atom. The van der Waals surface area contributed by atoms with Crippen LogP contribution in [0.4, 0.5) is 0 Å².